The minimum Gasteiger partial charge on any atom is -0.385 e. The van der Waals surface area contributed by atoms with E-state index in [2.05, 4.69) is 10.6 Å². The molecule has 1 amide bonds. The second kappa shape index (κ2) is 7.31. The lowest BCUT2D eigenvalue weighted by Crippen LogP contribution is -2.30. The fraction of sp³-hybridized carbons (Fsp3) is 0.500. The minimum atomic E-state index is -0.487. The minimum absolute atomic E-state index is 0.0722. The predicted octanol–water partition coefficient (Wildman–Crippen LogP) is 2.65. The zero-order valence-corrected chi connectivity index (χ0v) is 12.7. The Kier molecular flexibility index (Phi) is 5.44. The van der Waals surface area contributed by atoms with Gasteiger partial charge in [0.25, 0.3) is 11.6 Å². The molecule has 0 spiro atoms. The number of nitro groups is 1. The molecule has 1 fully saturated rings. The normalized spacial score (nSPS) is 17.5. The molecule has 0 bridgehead atoms. The number of anilines is 1. The summed E-state index contributed by atoms with van der Waals surface area (Å²) in [6, 6.07) is 4.32. The molecule has 1 aliphatic heterocycles. The van der Waals surface area contributed by atoms with Crippen LogP contribution in [-0.2, 0) is 0 Å². The van der Waals surface area contributed by atoms with Crippen molar-refractivity contribution in [3.8, 4) is 0 Å². The van der Waals surface area contributed by atoms with Crippen LogP contribution >= 0.6 is 11.8 Å². The van der Waals surface area contributed by atoms with Gasteiger partial charge in [-0.2, -0.15) is 11.8 Å². The molecule has 21 heavy (non-hydrogen) atoms. The molecule has 1 aliphatic rings. The van der Waals surface area contributed by atoms with Crippen molar-refractivity contribution >= 4 is 29.0 Å². The standard InChI is InChI=1S/C14H19N3O3S/c1-2-15-13-6-5-10(17(19)20)8-12(13)14(18)16-9-11-4-3-7-21-11/h5-6,8,11,15H,2-4,7,9H2,1H3,(H,16,18). The van der Waals surface area contributed by atoms with Crippen molar-refractivity contribution in [2.24, 2.45) is 0 Å². The summed E-state index contributed by atoms with van der Waals surface area (Å²) in [5.74, 6) is 0.877. The number of carbonyl (C=O) groups excluding carboxylic acids is 1. The van der Waals surface area contributed by atoms with E-state index in [-0.39, 0.29) is 11.6 Å². The Morgan fingerprint density at radius 3 is 2.95 bits per heavy atom. The Hall–Kier alpha value is -1.76. The molecular formula is C14H19N3O3S. The summed E-state index contributed by atoms with van der Waals surface area (Å²) in [6.07, 6.45) is 2.30. The maximum Gasteiger partial charge on any atom is 0.270 e. The van der Waals surface area contributed by atoms with Gasteiger partial charge in [-0.25, -0.2) is 0 Å². The van der Waals surface area contributed by atoms with Crippen molar-refractivity contribution in [3.63, 3.8) is 0 Å². The summed E-state index contributed by atoms with van der Waals surface area (Å²) in [4.78, 5) is 22.7. The number of non-ortho nitro benzene ring substituents is 1. The fourth-order valence-electron chi connectivity index (χ4n) is 2.29. The smallest absolute Gasteiger partial charge is 0.270 e. The Morgan fingerprint density at radius 1 is 1.52 bits per heavy atom. The monoisotopic (exact) mass is 309 g/mol. The third-order valence-corrected chi connectivity index (χ3v) is 4.74. The van der Waals surface area contributed by atoms with Crippen molar-refractivity contribution in [1.82, 2.24) is 5.32 Å². The lowest BCUT2D eigenvalue weighted by molar-refractivity contribution is -0.384. The molecule has 0 aromatic heterocycles. The number of amides is 1. The number of hydrogen-bond acceptors (Lipinski definition) is 5. The number of nitrogens with one attached hydrogen (secondary N) is 2. The van der Waals surface area contributed by atoms with Crippen LogP contribution in [0.3, 0.4) is 0 Å². The second-order valence-corrected chi connectivity index (χ2v) is 6.27. The highest BCUT2D eigenvalue weighted by Gasteiger charge is 2.19. The van der Waals surface area contributed by atoms with Crippen LogP contribution in [0.1, 0.15) is 30.1 Å². The zero-order chi connectivity index (χ0) is 15.2. The van der Waals surface area contributed by atoms with E-state index >= 15 is 0 Å². The first-order chi connectivity index (χ1) is 10.1. The van der Waals surface area contributed by atoms with Crippen molar-refractivity contribution in [2.75, 3.05) is 24.2 Å². The first kappa shape index (κ1) is 15.6. The molecule has 2 rings (SSSR count). The molecule has 1 aromatic rings. The van der Waals surface area contributed by atoms with Gasteiger partial charge in [-0.3, -0.25) is 14.9 Å². The highest BCUT2D eigenvalue weighted by molar-refractivity contribution is 8.00. The molecule has 0 aliphatic carbocycles. The number of benzene rings is 1. The summed E-state index contributed by atoms with van der Waals surface area (Å²) in [6.45, 7) is 3.17. The van der Waals surface area contributed by atoms with Gasteiger partial charge in [-0.1, -0.05) is 0 Å². The summed E-state index contributed by atoms with van der Waals surface area (Å²) >= 11 is 1.86. The van der Waals surface area contributed by atoms with Crippen molar-refractivity contribution < 1.29 is 9.72 Å². The van der Waals surface area contributed by atoms with E-state index in [4.69, 9.17) is 0 Å². The Balaban J connectivity index is 2.11. The van der Waals surface area contributed by atoms with Crippen LogP contribution in [0.2, 0.25) is 0 Å². The van der Waals surface area contributed by atoms with Gasteiger partial charge >= 0.3 is 0 Å². The van der Waals surface area contributed by atoms with E-state index in [0.717, 1.165) is 12.2 Å². The molecule has 6 nitrogen and oxygen atoms in total. The first-order valence-electron chi connectivity index (χ1n) is 7.04. The number of thioether (sulfide) groups is 1. The van der Waals surface area contributed by atoms with Crippen LogP contribution in [-0.4, -0.2) is 34.9 Å². The molecule has 2 N–H and O–H groups in total. The summed E-state index contributed by atoms with van der Waals surface area (Å²) in [5.41, 5.74) is 0.880. The fourth-order valence-corrected chi connectivity index (χ4v) is 3.49. The molecule has 1 saturated heterocycles. The van der Waals surface area contributed by atoms with E-state index < -0.39 is 4.92 Å². The zero-order valence-electron chi connectivity index (χ0n) is 11.9. The molecular weight excluding hydrogens is 290 g/mol. The molecule has 1 unspecified atom stereocenters. The highest BCUT2D eigenvalue weighted by Crippen LogP contribution is 2.26. The predicted molar refractivity (Wildman–Crippen MR) is 85.1 cm³/mol. The van der Waals surface area contributed by atoms with Crippen molar-refractivity contribution in [2.45, 2.75) is 25.0 Å². The maximum absolute atomic E-state index is 12.3. The van der Waals surface area contributed by atoms with Crippen molar-refractivity contribution in [3.05, 3.63) is 33.9 Å². The molecule has 114 valence electrons. The average molecular weight is 309 g/mol. The van der Waals surface area contributed by atoms with Crippen LogP contribution in [0.15, 0.2) is 18.2 Å². The molecule has 1 heterocycles. The second-order valence-electron chi connectivity index (χ2n) is 4.86. The van der Waals surface area contributed by atoms with Gasteiger partial charge in [0.1, 0.15) is 0 Å². The largest absolute Gasteiger partial charge is 0.385 e. The first-order valence-corrected chi connectivity index (χ1v) is 8.08. The number of hydrogen-bond donors (Lipinski definition) is 2. The van der Waals surface area contributed by atoms with E-state index in [9.17, 15) is 14.9 Å². The lowest BCUT2D eigenvalue weighted by atomic mass is 10.1. The Morgan fingerprint density at radius 2 is 2.33 bits per heavy atom. The van der Waals surface area contributed by atoms with Crippen LogP contribution in [0, 0.1) is 10.1 Å². The molecule has 7 heteroatoms. The average Bonchev–Trinajstić information content (AvgIpc) is 2.98. The maximum atomic E-state index is 12.3. The van der Waals surface area contributed by atoms with E-state index in [1.165, 1.54) is 18.6 Å². The number of carbonyl (C=O) groups is 1. The van der Waals surface area contributed by atoms with Gasteiger partial charge in [0.2, 0.25) is 0 Å². The molecule has 1 atom stereocenters. The summed E-state index contributed by atoms with van der Waals surface area (Å²) in [7, 11) is 0. The van der Waals surface area contributed by atoms with E-state index in [1.54, 1.807) is 6.07 Å². The van der Waals surface area contributed by atoms with Gasteiger partial charge in [-0.05, 0) is 31.6 Å². The lowest BCUT2D eigenvalue weighted by Gasteiger charge is -2.13. The van der Waals surface area contributed by atoms with Gasteiger partial charge in [0, 0.05) is 36.2 Å². The number of nitro benzene ring substituents is 1. The van der Waals surface area contributed by atoms with E-state index in [0.29, 0.717) is 29.6 Å². The molecule has 0 radical (unpaired) electrons. The van der Waals surface area contributed by atoms with Crippen LogP contribution in [0.5, 0.6) is 0 Å². The van der Waals surface area contributed by atoms with Gasteiger partial charge in [-0.15, -0.1) is 0 Å². The van der Waals surface area contributed by atoms with Crippen LogP contribution in [0.4, 0.5) is 11.4 Å². The highest BCUT2D eigenvalue weighted by atomic mass is 32.2. The van der Waals surface area contributed by atoms with Crippen molar-refractivity contribution in [1.29, 1.82) is 0 Å². The van der Waals surface area contributed by atoms with Crippen LogP contribution in [0.25, 0.3) is 0 Å². The summed E-state index contributed by atoms with van der Waals surface area (Å²) in [5, 5.41) is 17.3. The topological polar surface area (TPSA) is 84.3 Å². The third-order valence-electron chi connectivity index (χ3n) is 3.34. The van der Waals surface area contributed by atoms with Gasteiger partial charge in [0.05, 0.1) is 10.5 Å². The Bertz CT molecular complexity index is 530. The molecule has 0 saturated carbocycles. The third kappa shape index (κ3) is 4.10. The summed E-state index contributed by atoms with van der Waals surface area (Å²) < 4.78 is 0. The number of rotatable bonds is 6. The van der Waals surface area contributed by atoms with E-state index in [1.807, 2.05) is 18.7 Å². The van der Waals surface area contributed by atoms with Gasteiger partial charge < -0.3 is 10.6 Å². The quantitative estimate of drug-likeness (QED) is 0.623. The Labute approximate surface area is 127 Å². The molecule has 1 aromatic carbocycles. The number of nitrogens with zero attached hydrogens (tertiary/aromatic N) is 1. The SMILES string of the molecule is CCNc1ccc([N+](=O)[O-])cc1C(=O)NCC1CCCS1. The van der Waals surface area contributed by atoms with Gasteiger partial charge in [0.15, 0.2) is 0 Å². The van der Waals surface area contributed by atoms with Crippen LogP contribution < -0.4 is 10.6 Å².